The van der Waals surface area contributed by atoms with Gasteiger partial charge in [-0.15, -0.1) is 0 Å². The molecule has 0 aliphatic carbocycles. The molecule has 0 spiro atoms. The molecule has 0 fully saturated rings. The van der Waals surface area contributed by atoms with Crippen molar-refractivity contribution >= 4 is 31.6 Å². The largest absolute Gasteiger partial charge is 0.480 e. The summed E-state index contributed by atoms with van der Waals surface area (Å²) >= 11 is 0. The summed E-state index contributed by atoms with van der Waals surface area (Å²) in [5.74, 6) is -5.81. The number of hydrogen-bond donors (Lipinski definition) is 2. The third kappa shape index (κ3) is 6.68. The van der Waals surface area contributed by atoms with Crippen LogP contribution in [0.3, 0.4) is 0 Å². The van der Waals surface area contributed by atoms with Gasteiger partial charge in [-0.2, -0.15) is 0 Å². The zero-order chi connectivity index (χ0) is 17.0. The van der Waals surface area contributed by atoms with Gasteiger partial charge in [-0.1, -0.05) is 24.3 Å². The van der Waals surface area contributed by atoms with Gasteiger partial charge in [-0.3, -0.25) is 9.59 Å². The van der Waals surface area contributed by atoms with Gasteiger partial charge in [0.25, 0.3) is 0 Å². The summed E-state index contributed by atoms with van der Waals surface area (Å²) in [5.41, 5.74) is 0.640. The molecule has 0 saturated carbocycles. The maximum atomic E-state index is 11.5. The molecule has 0 aromatic heterocycles. The third-order valence-electron chi connectivity index (χ3n) is 2.48. The molecule has 10 heteroatoms. The molecule has 0 bridgehead atoms. The third-order valence-corrected chi connectivity index (χ3v) is 5.40. The Hall–Kier alpha value is -1.94. The Morgan fingerprint density at radius 1 is 0.727 bits per heavy atom. The molecule has 0 radical (unpaired) electrons. The second kappa shape index (κ2) is 6.88. The lowest BCUT2D eigenvalue weighted by Gasteiger charge is -2.05. The van der Waals surface area contributed by atoms with Crippen LogP contribution in [-0.2, 0) is 40.8 Å². The van der Waals surface area contributed by atoms with Crippen LogP contribution in [0.4, 0.5) is 0 Å². The number of carbonyl (C=O) groups is 2. The number of carboxylic acids is 2. The van der Waals surface area contributed by atoms with E-state index in [0.29, 0.717) is 11.1 Å². The maximum absolute atomic E-state index is 11.5. The summed E-state index contributed by atoms with van der Waals surface area (Å²) < 4.78 is 46.0. The van der Waals surface area contributed by atoms with Crippen LogP contribution in [0.1, 0.15) is 11.1 Å². The minimum absolute atomic E-state index is 0.320. The Kier molecular flexibility index (Phi) is 5.66. The second-order valence-corrected chi connectivity index (χ2v) is 8.80. The number of sulfone groups is 2. The number of hydrogen-bond acceptors (Lipinski definition) is 6. The summed E-state index contributed by atoms with van der Waals surface area (Å²) in [5, 5.41) is 17.0. The highest BCUT2D eigenvalue weighted by atomic mass is 32.2. The van der Waals surface area contributed by atoms with E-state index < -0.39 is 54.6 Å². The maximum Gasteiger partial charge on any atom is 0.318 e. The van der Waals surface area contributed by atoms with E-state index in [-0.39, 0.29) is 0 Å². The number of aliphatic carboxylic acids is 2. The van der Waals surface area contributed by atoms with Crippen molar-refractivity contribution in [1.82, 2.24) is 0 Å². The van der Waals surface area contributed by atoms with E-state index in [2.05, 4.69) is 0 Å². The van der Waals surface area contributed by atoms with E-state index in [1.807, 2.05) is 0 Å². The molecule has 22 heavy (non-hydrogen) atoms. The summed E-state index contributed by atoms with van der Waals surface area (Å²) in [6.07, 6.45) is 0. The Morgan fingerprint density at radius 3 is 1.23 bits per heavy atom. The minimum atomic E-state index is -3.79. The molecular weight excluding hydrogens is 336 g/mol. The second-order valence-electron chi connectivity index (χ2n) is 4.67. The smallest absolute Gasteiger partial charge is 0.318 e. The molecule has 1 aromatic rings. The first-order valence-corrected chi connectivity index (χ1v) is 9.56. The van der Waals surface area contributed by atoms with Crippen LogP contribution in [0.25, 0.3) is 0 Å². The lowest BCUT2D eigenvalue weighted by Crippen LogP contribution is -2.17. The van der Waals surface area contributed by atoms with Crippen molar-refractivity contribution in [2.45, 2.75) is 11.5 Å². The number of benzene rings is 1. The van der Waals surface area contributed by atoms with Gasteiger partial charge in [-0.05, 0) is 11.1 Å². The topological polar surface area (TPSA) is 143 Å². The Balaban J connectivity index is 2.79. The van der Waals surface area contributed by atoms with E-state index in [1.54, 1.807) is 0 Å². The minimum Gasteiger partial charge on any atom is -0.480 e. The molecule has 0 aliphatic heterocycles. The van der Waals surface area contributed by atoms with E-state index in [9.17, 15) is 26.4 Å². The van der Waals surface area contributed by atoms with Crippen molar-refractivity contribution in [3.63, 3.8) is 0 Å². The summed E-state index contributed by atoms with van der Waals surface area (Å²) in [4.78, 5) is 20.8. The zero-order valence-electron chi connectivity index (χ0n) is 11.3. The Morgan fingerprint density at radius 2 is 1.00 bits per heavy atom. The predicted octanol–water partition coefficient (Wildman–Crippen LogP) is -0.315. The summed E-state index contributed by atoms with van der Waals surface area (Å²) in [7, 11) is -7.59. The Bertz CT molecular complexity index is 693. The quantitative estimate of drug-likeness (QED) is 0.649. The van der Waals surface area contributed by atoms with Gasteiger partial charge in [0.1, 0.15) is 11.5 Å². The lowest BCUT2D eigenvalue weighted by atomic mass is 10.2. The number of rotatable bonds is 8. The molecule has 1 aromatic carbocycles. The fourth-order valence-corrected chi connectivity index (χ4v) is 4.08. The van der Waals surface area contributed by atoms with Crippen LogP contribution in [0.15, 0.2) is 24.3 Å². The molecule has 1 rings (SSSR count). The van der Waals surface area contributed by atoms with Crippen LogP contribution in [0.5, 0.6) is 0 Å². The van der Waals surface area contributed by atoms with E-state index in [4.69, 9.17) is 10.2 Å². The van der Waals surface area contributed by atoms with Crippen LogP contribution in [0.2, 0.25) is 0 Å². The van der Waals surface area contributed by atoms with Crippen LogP contribution in [0, 0.1) is 0 Å². The highest BCUT2D eigenvalue weighted by molar-refractivity contribution is 7.91. The van der Waals surface area contributed by atoms with Crippen molar-refractivity contribution in [2.75, 3.05) is 11.5 Å². The molecule has 0 aliphatic rings. The van der Waals surface area contributed by atoms with Gasteiger partial charge in [0.15, 0.2) is 19.7 Å². The summed E-state index contributed by atoms with van der Waals surface area (Å²) in [6, 6.07) is 5.46. The van der Waals surface area contributed by atoms with Crippen molar-refractivity contribution < 1.29 is 36.6 Å². The first-order valence-electron chi connectivity index (χ1n) is 5.91. The molecule has 8 nitrogen and oxygen atoms in total. The van der Waals surface area contributed by atoms with Crippen molar-refractivity contribution in [3.8, 4) is 0 Å². The van der Waals surface area contributed by atoms with Crippen LogP contribution in [-0.4, -0.2) is 50.5 Å². The average molecular weight is 350 g/mol. The molecular formula is C12H14O8S2. The summed E-state index contributed by atoms with van der Waals surface area (Å²) in [6.45, 7) is 0. The van der Waals surface area contributed by atoms with Gasteiger partial charge < -0.3 is 10.2 Å². The molecule has 0 saturated heterocycles. The van der Waals surface area contributed by atoms with E-state index in [1.165, 1.54) is 24.3 Å². The van der Waals surface area contributed by atoms with Gasteiger partial charge in [0.05, 0.1) is 11.5 Å². The molecule has 0 amide bonds. The first kappa shape index (κ1) is 18.1. The van der Waals surface area contributed by atoms with Gasteiger partial charge in [-0.25, -0.2) is 16.8 Å². The normalized spacial score (nSPS) is 12.0. The molecule has 0 heterocycles. The van der Waals surface area contributed by atoms with Crippen molar-refractivity contribution in [2.24, 2.45) is 0 Å². The lowest BCUT2D eigenvalue weighted by molar-refractivity contribution is -0.135. The van der Waals surface area contributed by atoms with Crippen molar-refractivity contribution in [1.29, 1.82) is 0 Å². The molecule has 0 atom stereocenters. The van der Waals surface area contributed by atoms with Gasteiger partial charge in [0, 0.05) is 0 Å². The standard InChI is InChI=1S/C12H14O8S2/c13-11(14)7-21(17,18)5-9-1-2-10(4-3-9)6-22(19,20)8-12(15)16/h1-4H,5-8H2,(H,13,14)(H,15,16). The predicted molar refractivity (Wildman–Crippen MR) is 76.7 cm³/mol. The van der Waals surface area contributed by atoms with Crippen LogP contribution >= 0.6 is 0 Å². The SMILES string of the molecule is O=C(O)CS(=O)(=O)Cc1ccc(CS(=O)(=O)CC(=O)O)cc1. The first-order chi connectivity index (χ1) is 9.99. The fraction of sp³-hybridized carbons (Fsp3) is 0.333. The molecule has 122 valence electrons. The zero-order valence-corrected chi connectivity index (χ0v) is 12.9. The highest BCUT2D eigenvalue weighted by Gasteiger charge is 2.18. The Labute approximate surface area is 127 Å². The van der Waals surface area contributed by atoms with E-state index >= 15 is 0 Å². The molecule has 0 unspecified atom stereocenters. The van der Waals surface area contributed by atoms with Crippen molar-refractivity contribution in [3.05, 3.63) is 35.4 Å². The van der Waals surface area contributed by atoms with Crippen LogP contribution < -0.4 is 0 Å². The van der Waals surface area contributed by atoms with Gasteiger partial charge >= 0.3 is 11.9 Å². The number of carboxylic acid groups (broad SMARTS) is 2. The monoisotopic (exact) mass is 350 g/mol. The molecule has 2 N–H and O–H groups in total. The van der Waals surface area contributed by atoms with E-state index in [0.717, 1.165) is 0 Å². The average Bonchev–Trinajstić information content (AvgIpc) is 2.27. The fourth-order valence-electron chi connectivity index (χ4n) is 1.72. The van der Waals surface area contributed by atoms with Gasteiger partial charge in [0.2, 0.25) is 0 Å². The highest BCUT2D eigenvalue weighted by Crippen LogP contribution is 2.12.